The number of nitrogens with two attached hydrogens (primary N) is 1. The molecule has 0 saturated carbocycles. The summed E-state index contributed by atoms with van der Waals surface area (Å²) in [7, 11) is 0. The number of rotatable bonds is 4. The Bertz CT molecular complexity index is 578. The van der Waals surface area contributed by atoms with Gasteiger partial charge in [0.25, 0.3) is 0 Å². The molecule has 25 heavy (non-hydrogen) atoms. The van der Waals surface area contributed by atoms with E-state index in [1.54, 1.807) is 0 Å². The highest BCUT2D eigenvalue weighted by Crippen LogP contribution is 2.20. The second kappa shape index (κ2) is 8.85. The van der Waals surface area contributed by atoms with E-state index in [-0.39, 0.29) is 11.8 Å². The van der Waals surface area contributed by atoms with Crippen molar-refractivity contribution in [3.63, 3.8) is 0 Å². The molecule has 3 rings (SSSR count). The van der Waals surface area contributed by atoms with Crippen molar-refractivity contribution in [2.45, 2.75) is 25.2 Å². The lowest BCUT2D eigenvalue weighted by molar-refractivity contribution is -0.136. The van der Waals surface area contributed by atoms with Gasteiger partial charge in [-0.2, -0.15) is 0 Å². The molecule has 1 unspecified atom stereocenters. The van der Waals surface area contributed by atoms with Crippen molar-refractivity contribution < 1.29 is 9.53 Å². The predicted octanol–water partition coefficient (Wildman–Crippen LogP) is 1.43. The van der Waals surface area contributed by atoms with Gasteiger partial charge in [0, 0.05) is 26.2 Å². The molecule has 1 aromatic carbocycles. The van der Waals surface area contributed by atoms with Gasteiger partial charge in [0.15, 0.2) is 5.96 Å². The van der Waals surface area contributed by atoms with Crippen LogP contribution in [0.5, 0.6) is 0 Å². The molecule has 2 N–H and O–H groups in total. The standard InChI is InChI=1S/C19H28N4O2/c20-19(23-9-5-2-6-10-23)21-15-17(16-7-3-1-4-8-16)18(24)22-11-13-25-14-12-22/h1,3-4,7-8,17H,2,5-6,9-15H2,(H2,20,21). The van der Waals surface area contributed by atoms with Crippen LogP contribution < -0.4 is 5.73 Å². The van der Waals surface area contributed by atoms with Crippen LogP contribution in [0.3, 0.4) is 0 Å². The third-order valence-corrected chi connectivity index (χ3v) is 4.94. The molecule has 2 aliphatic heterocycles. The zero-order valence-electron chi connectivity index (χ0n) is 14.8. The summed E-state index contributed by atoms with van der Waals surface area (Å²) in [5, 5.41) is 0. The van der Waals surface area contributed by atoms with E-state index in [0.29, 0.717) is 38.8 Å². The number of carbonyl (C=O) groups is 1. The minimum atomic E-state index is -0.289. The van der Waals surface area contributed by atoms with Crippen LogP contribution in [0.15, 0.2) is 35.3 Å². The highest BCUT2D eigenvalue weighted by Gasteiger charge is 2.27. The van der Waals surface area contributed by atoms with Crippen LogP contribution >= 0.6 is 0 Å². The van der Waals surface area contributed by atoms with Crippen LogP contribution in [-0.2, 0) is 9.53 Å². The molecule has 0 bridgehead atoms. The van der Waals surface area contributed by atoms with Crippen LogP contribution in [0.2, 0.25) is 0 Å². The number of piperidine rings is 1. The lowest BCUT2D eigenvalue weighted by atomic mass is 9.97. The Balaban J connectivity index is 1.73. The molecule has 1 atom stereocenters. The molecule has 0 aliphatic carbocycles. The minimum absolute atomic E-state index is 0.115. The first-order chi connectivity index (χ1) is 12.3. The van der Waals surface area contributed by atoms with Gasteiger partial charge < -0.3 is 20.3 Å². The molecular weight excluding hydrogens is 316 g/mol. The molecule has 2 aliphatic rings. The largest absolute Gasteiger partial charge is 0.378 e. The van der Waals surface area contributed by atoms with Gasteiger partial charge in [0.2, 0.25) is 5.91 Å². The van der Waals surface area contributed by atoms with Crippen LogP contribution in [0.1, 0.15) is 30.7 Å². The first-order valence-electron chi connectivity index (χ1n) is 9.22. The molecular formula is C19H28N4O2. The average molecular weight is 344 g/mol. The van der Waals surface area contributed by atoms with Crippen LogP contribution in [0.25, 0.3) is 0 Å². The quantitative estimate of drug-likeness (QED) is 0.663. The summed E-state index contributed by atoms with van der Waals surface area (Å²) in [6.07, 6.45) is 3.57. The molecule has 6 nitrogen and oxygen atoms in total. The van der Waals surface area contributed by atoms with E-state index in [9.17, 15) is 4.79 Å². The molecule has 6 heteroatoms. The summed E-state index contributed by atoms with van der Waals surface area (Å²) >= 11 is 0. The maximum Gasteiger partial charge on any atom is 0.232 e. The van der Waals surface area contributed by atoms with Gasteiger partial charge in [0.1, 0.15) is 0 Å². The van der Waals surface area contributed by atoms with E-state index in [1.165, 1.54) is 6.42 Å². The lowest BCUT2D eigenvalue weighted by Gasteiger charge is -2.31. The number of ether oxygens (including phenoxy) is 1. The molecule has 1 aromatic rings. The number of morpholine rings is 1. The zero-order chi connectivity index (χ0) is 17.5. The average Bonchev–Trinajstić information content (AvgIpc) is 2.70. The number of hydrogen-bond acceptors (Lipinski definition) is 3. The molecule has 136 valence electrons. The minimum Gasteiger partial charge on any atom is -0.378 e. The normalized spacial score (nSPS) is 20.4. The molecule has 2 heterocycles. The van der Waals surface area contributed by atoms with Gasteiger partial charge in [-0.05, 0) is 24.8 Å². The molecule has 0 spiro atoms. The zero-order valence-corrected chi connectivity index (χ0v) is 14.8. The highest BCUT2D eigenvalue weighted by atomic mass is 16.5. The smallest absolute Gasteiger partial charge is 0.232 e. The Labute approximate surface area is 149 Å². The number of likely N-dealkylation sites (tertiary alicyclic amines) is 1. The van der Waals surface area contributed by atoms with Crippen LogP contribution in [0, 0.1) is 0 Å². The van der Waals surface area contributed by atoms with Gasteiger partial charge in [-0.25, -0.2) is 0 Å². The first-order valence-corrected chi connectivity index (χ1v) is 9.22. The van der Waals surface area contributed by atoms with Crippen LogP contribution in [-0.4, -0.2) is 67.6 Å². The van der Waals surface area contributed by atoms with Crippen molar-refractivity contribution in [3.05, 3.63) is 35.9 Å². The van der Waals surface area contributed by atoms with Gasteiger partial charge in [-0.15, -0.1) is 0 Å². The molecule has 2 saturated heterocycles. The number of aliphatic imine (C=N–C) groups is 1. The maximum absolute atomic E-state index is 13.0. The van der Waals surface area contributed by atoms with E-state index >= 15 is 0 Å². The summed E-state index contributed by atoms with van der Waals surface area (Å²) in [4.78, 5) is 21.6. The van der Waals surface area contributed by atoms with Gasteiger partial charge in [-0.3, -0.25) is 9.79 Å². The van der Waals surface area contributed by atoms with E-state index in [4.69, 9.17) is 10.5 Å². The molecule has 1 amide bonds. The highest BCUT2D eigenvalue weighted by molar-refractivity contribution is 5.85. The fourth-order valence-corrected chi connectivity index (χ4v) is 3.42. The number of carbonyl (C=O) groups excluding carboxylic acids is 1. The van der Waals surface area contributed by atoms with E-state index < -0.39 is 0 Å². The Hall–Kier alpha value is -2.08. The summed E-state index contributed by atoms with van der Waals surface area (Å²) in [5.41, 5.74) is 7.18. The van der Waals surface area contributed by atoms with Crippen molar-refractivity contribution in [2.24, 2.45) is 10.7 Å². The summed E-state index contributed by atoms with van der Waals surface area (Å²) < 4.78 is 5.36. The molecule has 2 fully saturated rings. The first kappa shape index (κ1) is 17.7. The summed E-state index contributed by atoms with van der Waals surface area (Å²) in [6, 6.07) is 9.88. The summed E-state index contributed by atoms with van der Waals surface area (Å²) in [6.45, 7) is 4.81. The third kappa shape index (κ3) is 4.72. The van der Waals surface area contributed by atoms with Gasteiger partial charge >= 0.3 is 0 Å². The van der Waals surface area contributed by atoms with E-state index in [1.807, 2.05) is 35.2 Å². The fraction of sp³-hybridized carbons (Fsp3) is 0.579. The lowest BCUT2D eigenvalue weighted by Crippen LogP contribution is -2.44. The summed E-state index contributed by atoms with van der Waals surface area (Å²) in [5.74, 6) is 0.391. The van der Waals surface area contributed by atoms with Crippen molar-refractivity contribution in [1.82, 2.24) is 9.80 Å². The van der Waals surface area contributed by atoms with E-state index in [2.05, 4.69) is 9.89 Å². The second-order valence-electron chi connectivity index (χ2n) is 6.65. The van der Waals surface area contributed by atoms with Gasteiger partial charge in [-0.1, -0.05) is 30.3 Å². The predicted molar refractivity (Wildman–Crippen MR) is 98.5 cm³/mol. The Morgan fingerprint density at radius 1 is 1.04 bits per heavy atom. The Kier molecular flexibility index (Phi) is 6.28. The number of benzene rings is 1. The van der Waals surface area contributed by atoms with Crippen molar-refractivity contribution in [2.75, 3.05) is 45.9 Å². The van der Waals surface area contributed by atoms with Crippen molar-refractivity contribution in [3.8, 4) is 0 Å². The monoisotopic (exact) mass is 344 g/mol. The number of guanidine groups is 1. The Morgan fingerprint density at radius 2 is 1.72 bits per heavy atom. The number of amides is 1. The SMILES string of the molecule is NC(=NCC(C(=O)N1CCOCC1)c1ccccc1)N1CCCCC1. The number of nitrogens with zero attached hydrogens (tertiary/aromatic N) is 3. The fourth-order valence-electron chi connectivity index (χ4n) is 3.42. The molecule has 0 aromatic heterocycles. The molecule has 0 radical (unpaired) electrons. The van der Waals surface area contributed by atoms with Crippen LogP contribution in [0.4, 0.5) is 0 Å². The number of hydrogen-bond donors (Lipinski definition) is 1. The van der Waals surface area contributed by atoms with Crippen molar-refractivity contribution >= 4 is 11.9 Å². The van der Waals surface area contributed by atoms with Gasteiger partial charge in [0.05, 0.1) is 25.7 Å². The third-order valence-electron chi connectivity index (χ3n) is 4.94. The topological polar surface area (TPSA) is 71.2 Å². The maximum atomic E-state index is 13.0. The second-order valence-corrected chi connectivity index (χ2v) is 6.65. The Morgan fingerprint density at radius 3 is 2.40 bits per heavy atom. The van der Waals surface area contributed by atoms with E-state index in [0.717, 1.165) is 31.5 Å². The van der Waals surface area contributed by atoms with Crippen molar-refractivity contribution in [1.29, 1.82) is 0 Å².